The molecule has 0 radical (unpaired) electrons. The summed E-state index contributed by atoms with van der Waals surface area (Å²) in [6, 6.07) is 49.7. The minimum absolute atomic E-state index is 0.939. The molecule has 0 aliphatic rings. The number of hydrogen-bond acceptors (Lipinski definition) is 1. The molecule has 0 saturated carbocycles. The minimum atomic E-state index is 0.939. The van der Waals surface area contributed by atoms with Crippen LogP contribution in [0.15, 0.2) is 152 Å². The van der Waals surface area contributed by atoms with Crippen LogP contribution in [0.3, 0.4) is 0 Å². The molecule has 0 unspecified atom stereocenters. The molecule has 42 heavy (non-hydrogen) atoms. The molecule has 5 aromatic carbocycles. The standard InChI is InChI=1S/C39H25N3/c1-3-13-26(14-4-1)33-25-40-39(31-19-8-7-17-28(31)33)42-35-22-12-9-18-29(35)30-23-24-41-34-21-11-10-20-32(34)36(38(41)37(30)42)27-15-5-2-6-16-27/h1-25H. The third-order valence-electron chi connectivity index (χ3n) is 8.57. The highest BCUT2D eigenvalue weighted by Gasteiger charge is 2.23. The molecule has 9 aromatic rings. The van der Waals surface area contributed by atoms with Gasteiger partial charge in [0.05, 0.1) is 22.1 Å². The quantitative estimate of drug-likeness (QED) is 0.221. The van der Waals surface area contributed by atoms with Gasteiger partial charge >= 0.3 is 0 Å². The molecule has 0 aliphatic carbocycles. The van der Waals surface area contributed by atoms with Crippen LogP contribution in [-0.4, -0.2) is 14.0 Å². The van der Waals surface area contributed by atoms with E-state index in [9.17, 15) is 0 Å². The summed E-state index contributed by atoms with van der Waals surface area (Å²) >= 11 is 0. The van der Waals surface area contributed by atoms with Gasteiger partial charge in [-0.3, -0.25) is 4.57 Å². The van der Waals surface area contributed by atoms with Crippen LogP contribution in [0.1, 0.15) is 0 Å². The van der Waals surface area contributed by atoms with Crippen molar-refractivity contribution < 1.29 is 0 Å². The van der Waals surface area contributed by atoms with E-state index >= 15 is 0 Å². The zero-order chi connectivity index (χ0) is 27.6. The molecule has 4 aromatic heterocycles. The predicted molar refractivity (Wildman–Crippen MR) is 175 cm³/mol. The van der Waals surface area contributed by atoms with Crippen molar-refractivity contribution in [3.63, 3.8) is 0 Å². The Morgan fingerprint density at radius 1 is 0.429 bits per heavy atom. The summed E-state index contributed by atoms with van der Waals surface area (Å²) in [5, 5.41) is 6.00. The van der Waals surface area contributed by atoms with E-state index in [4.69, 9.17) is 4.98 Å². The fourth-order valence-corrected chi connectivity index (χ4v) is 6.79. The second-order valence-corrected chi connectivity index (χ2v) is 10.8. The molecule has 0 bridgehead atoms. The van der Waals surface area contributed by atoms with E-state index < -0.39 is 0 Å². The Labute approximate surface area is 242 Å². The number of benzene rings is 5. The van der Waals surface area contributed by atoms with Crippen LogP contribution in [-0.2, 0) is 0 Å². The number of fused-ring (bicyclic) bond motifs is 8. The van der Waals surface area contributed by atoms with Crippen LogP contribution in [0.4, 0.5) is 0 Å². The van der Waals surface area contributed by atoms with Gasteiger partial charge in [-0.25, -0.2) is 4.98 Å². The maximum absolute atomic E-state index is 5.24. The fourth-order valence-electron chi connectivity index (χ4n) is 6.79. The Morgan fingerprint density at radius 3 is 1.79 bits per heavy atom. The molecule has 3 nitrogen and oxygen atoms in total. The lowest BCUT2D eigenvalue weighted by atomic mass is 10.0. The molecular formula is C39H25N3. The Balaban J connectivity index is 1.50. The Hall–Kier alpha value is -5.67. The molecule has 0 N–H and O–H groups in total. The van der Waals surface area contributed by atoms with E-state index in [1.54, 1.807) is 0 Å². The molecule has 196 valence electrons. The Morgan fingerprint density at radius 2 is 1.02 bits per heavy atom. The van der Waals surface area contributed by atoms with Gasteiger partial charge < -0.3 is 4.40 Å². The number of hydrogen-bond donors (Lipinski definition) is 0. The predicted octanol–water partition coefficient (Wildman–Crippen LogP) is 10.1. The van der Waals surface area contributed by atoms with Crippen molar-refractivity contribution in [3.05, 3.63) is 152 Å². The number of nitrogens with zero attached hydrogens (tertiary/aromatic N) is 3. The summed E-state index contributed by atoms with van der Waals surface area (Å²) in [5.41, 5.74) is 9.45. The maximum atomic E-state index is 5.24. The Bertz CT molecular complexity index is 2450. The van der Waals surface area contributed by atoms with Crippen molar-refractivity contribution in [2.24, 2.45) is 0 Å². The first-order chi connectivity index (χ1) is 20.9. The second kappa shape index (κ2) is 8.92. The van der Waals surface area contributed by atoms with Gasteiger partial charge in [-0.1, -0.05) is 121 Å². The van der Waals surface area contributed by atoms with Gasteiger partial charge in [0.15, 0.2) is 0 Å². The summed E-state index contributed by atoms with van der Waals surface area (Å²) in [4.78, 5) is 5.24. The number of aromatic nitrogens is 3. The van der Waals surface area contributed by atoms with Crippen LogP contribution < -0.4 is 0 Å². The average Bonchev–Trinajstić information content (AvgIpc) is 3.58. The first-order valence-corrected chi connectivity index (χ1v) is 14.3. The van der Waals surface area contributed by atoms with Crippen molar-refractivity contribution >= 4 is 49.0 Å². The third-order valence-corrected chi connectivity index (χ3v) is 8.57. The van der Waals surface area contributed by atoms with E-state index in [0.29, 0.717) is 0 Å². The van der Waals surface area contributed by atoms with E-state index in [2.05, 4.69) is 155 Å². The molecule has 0 spiro atoms. The average molecular weight is 536 g/mol. The molecule has 3 heteroatoms. The summed E-state index contributed by atoms with van der Waals surface area (Å²) in [5.74, 6) is 0.939. The molecular weight excluding hydrogens is 510 g/mol. The zero-order valence-corrected chi connectivity index (χ0v) is 22.8. The normalized spacial score (nSPS) is 11.8. The molecule has 0 saturated heterocycles. The topological polar surface area (TPSA) is 22.2 Å². The van der Waals surface area contributed by atoms with E-state index in [1.165, 1.54) is 54.8 Å². The van der Waals surface area contributed by atoms with Gasteiger partial charge in [0, 0.05) is 45.1 Å². The van der Waals surface area contributed by atoms with Gasteiger partial charge in [-0.15, -0.1) is 0 Å². The lowest BCUT2D eigenvalue weighted by Gasteiger charge is -2.14. The number of rotatable bonds is 3. The lowest BCUT2D eigenvalue weighted by Crippen LogP contribution is -2.01. The summed E-state index contributed by atoms with van der Waals surface area (Å²) in [7, 11) is 0. The van der Waals surface area contributed by atoms with Crippen LogP contribution >= 0.6 is 0 Å². The van der Waals surface area contributed by atoms with E-state index in [0.717, 1.165) is 22.3 Å². The zero-order valence-electron chi connectivity index (χ0n) is 22.8. The van der Waals surface area contributed by atoms with E-state index in [-0.39, 0.29) is 0 Å². The van der Waals surface area contributed by atoms with Crippen molar-refractivity contribution in [1.82, 2.24) is 14.0 Å². The summed E-state index contributed by atoms with van der Waals surface area (Å²) < 4.78 is 4.75. The van der Waals surface area contributed by atoms with Gasteiger partial charge in [0.2, 0.25) is 0 Å². The maximum Gasteiger partial charge on any atom is 0.145 e. The van der Waals surface area contributed by atoms with Crippen LogP contribution in [0, 0.1) is 0 Å². The van der Waals surface area contributed by atoms with Crippen molar-refractivity contribution in [3.8, 4) is 28.1 Å². The van der Waals surface area contributed by atoms with Crippen molar-refractivity contribution in [1.29, 1.82) is 0 Å². The first kappa shape index (κ1) is 23.1. The monoisotopic (exact) mass is 535 g/mol. The van der Waals surface area contributed by atoms with Crippen molar-refractivity contribution in [2.45, 2.75) is 0 Å². The molecule has 4 heterocycles. The third kappa shape index (κ3) is 3.19. The molecule has 0 fully saturated rings. The molecule has 0 aliphatic heterocycles. The van der Waals surface area contributed by atoms with Gasteiger partial charge in [-0.2, -0.15) is 0 Å². The van der Waals surface area contributed by atoms with Crippen molar-refractivity contribution in [2.75, 3.05) is 0 Å². The SMILES string of the molecule is c1ccc(-c2cnc(-n3c4ccccc4c4ccn5c6ccccc6c(-c6ccccc6)c5c43)c3ccccc23)cc1. The molecule has 0 atom stereocenters. The van der Waals surface area contributed by atoms with Crippen LogP contribution in [0.25, 0.3) is 77.1 Å². The van der Waals surface area contributed by atoms with Gasteiger partial charge in [-0.05, 0) is 34.7 Å². The van der Waals surface area contributed by atoms with Gasteiger partial charge in [0.25, 0.3) is 0 Å². The smallest absolute Gasteiger partial charge is 0.145 e. The highest BCUT2D eigenvalue weighted by atomic mass is 15.1. The summed E-state index contributed by atoms with van der Waals surface area (Å²) in [6.07, 6.45) is 4.27. The van der Waals surface area contributed by atoms with E-state index in [1.807, 2.05) is 6.20 Å². The molecule has 9 rings (SSSR count). The highest BCUT2D eigenvalue weighted by Crippen LogP contribution is 2.43. The largest absolute Gasteiger partial charge is 0.314 e. The highest BCUT2D eigenvalue weighted by molar-refractivity contribution is 6.21. The fraction of sp³-hybridized carbons (Fsp3) is 0. The Kier molecular flexibility index (Phi) is 4.90. The van der Waals surface area contributed by atoms with Gasteiger partial charge in [0.1, 0.15) is 5.82 Å². The number of para-hydroxylation sites is 2. The lowest BCUT2D eigenvalue weighted by molar-refractivity contribution is 1.10. The summed E-state index contributed by atoms with van der Waals surface area (Å²) in [6.45, 7) is 0. The number of pyridine rings is 2. The first-order valence-electron chi connectivity index (χ1n) is 14.3. The van der Waals surface area contributed by atoms with Crippen LogP contribution in [0.5, 0.6) is 0 Å². The molecule has 0 amide bonds. The van der Waals surface area contributed by atoms with Crippen LogP contribution in [0.2, 0.25) is 0 Å². The second-order valence-electron chi connectivity index (χ2n) is 10.8. The minimum Gasteiger partial charge on any atom is -0.314 e.